The highest BCUT2D eigenvalue weighted by Gasteiger charge is 2.24. The number of piperazine rings is 1. The number of hydrogen-bond acceptors (Lipinski definition) is 5. The summed E-state index contributed by atoms with van der Waals surface area (Å²) in [6.07, 6.45) is 1.62. The average molecular weight is 312 g/mol. The van der Waals surface area contributed by atoms with Gasteiger partial charge >= 0.3 is 0 Å². The molecule has 0 saturated carbocycles. The van der Waals surface area contributed by atoms with Gasteiger partial charge in [-0.1, -0.05) is 6.07 Å². The molecule has 2 N–H and O–H groups in total. The van der Waals surface area contributed by atoms with Gasteiger partial charge in [0.2, 0.25) is 15.9 Å². The van der Waals surface area contributed by atoms with Crippen molar-refractivity contribution in [3.63, 3.8) is 0 Å². The summed E-state index contributed by atoms with van der Waals surface area (Å²) in [5.74, 6) is -0.430. The molecule has 1 fully saturated rings. The lowest BCUT2D eigenvalue weighted by Crippen LogP contribution is -2.47. The van der Waals surface area contributed by atoms with Gasteiger partial charge < -0.3 is 10.6 Å². The van der Waals surface area contributed by atoms with Crippen LogP contribution in [0, 0.1) is 0 Å². The van der Waals surface area contributed by atoms with Crippen LogP contribution in [0.15, 0.2) is 24.4 Å². The topological polar surface area (TPSA) is 91.4 Å². The molecule has 1 saturated heterocycles. The molecule has 116 valence electrons. The molecule has 0 aliphatic carbocycles. The maximum Gasteiger partial charge on any atom is 0.221 e. The van der Waals surface area contributed by atoms with Gasteiger partial charge in [0.05, 0.1) is 18.0 Å². The maximum atomic E-state index is 12.1. The molecule has 1 amide bonds. The van der Waals surface area contributed by atoms with Gasteiger partial charge in [-0.15, -0.1) is 0 Å². The Kier molecular flexibility index (Phi) is 5.66. The summed E-state index contributed by atoms with van der Waals surface area (Å²) in [5.41, 5.74) is 0.746. The summed E-state index contributed by atoms with van der Waals surface area (Å²) in [7, 11) is -3.34. The highest BCUT2D eigenvalue weighted by molar-refractivity contribution is 7.89. The third-order valence-corrected chi connectivity index (χ3v) is 5.12. The lowest BCUT2D eigenvalue weighted by molar-refractivity contribution is -0.120. The van der Waals surface area contributed by atoms with Crippen LogP contribution in [0.5, 0.6) is 0 Å². The summed E-state index contributed by atoms with van der Waals surface area (Å²) in [6.45, 7) is 2.57. The van der Waals surface area contributed by atoms with E-state index in [2.05, 4.69) is 15.6 Å². The van der Waals surface area contributed by atoms with Crippen LogP contribution in [0.4, 0.5) is 0 Å². The van der Waals surface area contributed by atoms with Crippen molar-refractivity contribution in [3.8, 4) is 0 Å². The van der Waals surface area contributed by atoms with Crippen molar-refractivity contribution in [2.75, 3.05) is 31.9 Å². The Morgan fingerprint density at radius 3 is 2.76 bits per heavy atom. The largest absolute Gasteiger partial charge is 0.350 e. The second-order valence-electron chi connectivity index (χ2n) is 4.81. The first kappa shape index (κ1) is 15.9. The lowest BCUT2D eigenvalue weighted by Gasteiger charge is -2.26. The van der Waals surface area contributed by atoms with Gasteiger partial charge in [0.25, 0.3) is 0 Å². The molecule has 1 aromatic heterocycles. The molecular formula is C13H20N4O3S. The highest BCUT2D eigenvalue weighted by Crippen LogP contribution is 2.05. The molecule has 7 nitrogen and oxygen atoms in total. The Hall–Kier alpha value is -1.51. The van der Waals surface area contributed by atoms with Crippen molar-refractivity contribution in [2.45, 2.75) is 13.0 Å². The number of carbonyl (C=O) groups excluding carboxylic acids is 1. The van der Waals surface area contributed by atoms with E-state index in [4.69, 9.17) is 0 Å². The SMILES string of the molecule is O=C(CCS(=O)(=O)N1CCNCC1)NCc1ccccn1. The van der Waals surface area contributed by atoms with Gasteiger partial charge in [-0.05, 0) is 12.1 Å². The summed E-state index contributed by atoms with van der Waals surface area (Å²) in [4.78, 5) is 15.8. The first-order valence-electron chi connectivity index (χ1n) is 6.93. The Morgan fingerprint density at radius 2 is 2.10 bits per heavy atom. The van der Waals surface area contributed by atoms with Gasteiger partial charge in [0.1, 0.15) is 0 Å². The van der Waals surface area contributed by atoms with E-state index in [1.54, 1.807) is 18.3 Å². The molecule has 8 heteroatoms. The van der Waals surface area contributed by atoms with Crippen molar-refractivity contribution >= 4 is 15.9 Å². The smallest absolute Gasteiger partial charge is 0.221 e. The molecular weight excluding hydrogens is 292 g/mol. The van der Waals surface area contributed by atoms with Crippen molar-refractivity contribution in [3.05, 3.63) is 30.1 Å². The number of nitrogens with one attached hydrogen (secondary N) is 2. The van der Waals surface area contributed by atoms with Crippen LogP contribution in [0.1, 0.15) is 12.1 Å². The zero-order valence-electron chi connectivity index (χ0n) is 11.8. The summed E-state index contributed by atoms with van der Waals surface area (Å²) >= 11 is 0. The van der Waals surface area contributed by atoms with Crippen LogP contribution in [0.3, 0.4) is 0 Å². The molecule has 2 heterocycles. The Labute approximate surface area is 124 Å². The van der Waals surface area contributed by atoms with E-state index in [-0.39, 0.29) is 18.1 Å². The number of sulfonamides is 1. The molecule has 1 aliphatic rings. The van der Waals surface area contributed by atoms with Gasteiger partial charge in [-0.3, -0.25) is 9.78 Å². The molecule has 0 aromatic carbocycles. The van der Waals surface area contributed by atoms with E-state index in [1.165, 1.54) is 4.31 Å². The third-order valence-electron chi connectivity index (χ3n) is 3.25. The zero-order chi connectivity index (χ0) is 15.1. The summed E-state index contributed by atoms with van der Waals surface area (Å²) < 4.78 is 25.6. The van der Waals surface area contributed by atoms with Gasteiger partial charge in [-0.25, -0.2) is 8.42 Å². The van der Waals surface area contributed by atoms with Gasteiger partial charge in [0.15, 0.2) is 0 Å². The van der Waals surface area contributed by atoms with Crippen LogP contribution in [-0.2, 0) is 21.4 Å². The molecule has 2 rings (SSSR count). The highest BCUT2D eigenvalue weighted by atomic mass is 32.2. The minimum absolute atomic E-state index is 0.0287. The predicted octanol–water partition coefficient (Wildman–Crippen LogP) is -0.677. The average Bonchev–Trinajstić information content (AvgIpc) is 2.53. The molecule has 21 heavy (non-hydrogen) atoms. The van der Waals surface area contributed by atoms with Crippen LogP contribution in [-0.4, -0.2) is 55.5 Å². The molecule has 0 unspecified atom stereocenters. The zero-order valence-corrected chi connectivity index (χ0v) is 12.6. The quantitative estimate of drug-likeness (QED) is 0.726. The number of aromatic nitrogens is 1. The third kappa shape index (κ3) is 5.07. The van der Waals surface area contributed by atoms with Gasteiger partial charge in [0, 0.05) is 38.8 Å². The van der Waals surface area contributed by atoms with Crippen LogP contribution in [0.25, 0.3) is 0 Å². The first-order valence-corrected chi connectivity index (χ1v) is 8.54. The fourth-order valence-corrected chi connectivity index (χ4v) is 3.49. The summed E-state index contributed by atoms with van der Waals surface area (Å²) in [6, 6.07) is 5.44. The number of hydrogen-bond donors (Lipinski definition) is 2. The van der Waals surface area contributed by atoms with Gasteiger partial charge in [-0.2, -0.15) is 4.31 Å². The standard InChI is InChI=1S/C13H20N4O3S/c18-13(16-11-12-3-1-2-5-15-12)4-10-21(19,20)17-8-6-14-7-9-17/h1-3,5,14H,4,6-11H2,(H,16,18). The Morgan fingerprint density at radius 1 is 1.33 bits per heavy atom. The molecule has 0 bridgehead atoms. The Bertz CT molecular complexity index is 556. The van der Waals surface area contributed by atoms with E-state index in [1.807, 2.05) is 6.07 Å². The van der Waals surface area contributed by atoms with Crippen molar-refractivity contribution in [1.82, 2.24) is 19.9 Å². The molecule has 0 spiro atoms. The van der Waals surface area contributed by atoms with E-state index in [9.17, 15) is 13.2 Å². The van der Waals surface area contributed by atoms with E-state index >= 15 is 0 Å². The summed E-state index contributed by atoms with van der Waals surface area (Å²) in [5, 5.41) is 5.78. The van der Waals surface area contributed by atoms with Crippen LogP contribution < -0.4 is 10.6 Å². The van der Waals surface area contributed by atoms with E-state index in [0.29, 0.717) is 32.7 Å². The predicted molar refractivity (Wildman–Crippen MR) is 78.9 cm³/mol. The number of amides is 1. The van der Waals surface area contributed by atoms with E-state index < -0.39 is 10.0 Å². The molecule has 0 radical (unpaired) electrons. The van der Waals surface area contributed by atoms with E-state index in [0.717, 1.165) is 5.69 Å². The fourth-order valence-electron chi connectivity index (χ4n) is 2.05. The number of pyridine rings is 1. The first-order chi connectivity index (χ1) is 10.1. The van der Waals surface area contributed by atoms with Crippen molar-refractivity contribution in [1.29, 1.82) is 0 Å². The minimum Gasteiger partial charge on any atom is -0.350 e. The normalized spacial score (nSPS) is 16.6. The molecule has 0 atom stereocenters. The maximum absolute atomic E-state index is 12.1. The number of carbonyl (C=O) groups is 1. The van der Waals surface area contributed by atoms with Crippen LogP contribution >= 0.6 is 0 Å². The molecule has 1 aromatic rings. The Balaban J connectivity index is 1.75. The fraction of sp³-hybridized carbons (Fsp3) is 0.538. The van der Waals surface area contributed by atoms with Crippen LogP contribution in [0.2, 0.25) is 0 Å². The monoisotopic (exact) mass is 312 g/mol. The lowest BCUT2D eigenvalue weighted by atomic mass is 10.3. The number of nitrogens with zero attached hydrogens (tertiary/aromatic N) is 2. The minimum atomic E-state index is -3.34. The second kappa shape index (κ2) is 7.48. The second-order valence-corrected chi connectivity index (χ2v) is 6.90. The van der Waals surface area contributed by atoms with Crippen molar-refractivity contribution < 1.29 is 13.2 Å². The van der Waals surface area contributed by atoms with Crippen molar-refractivity contribution in [2.24, 2.45) is 0 Å². The number of rotatable bonds is 6. The molecule has 1 aliphatic heterocycles.